The van der Waals surface area contributed by atoms with Gasteiger partial charge in [-0.05, 0) is 34.1 Å². The summed E-state index contributed by atoms with van der Waals surface area (Å²) in [6, 6.07) is 0. The second-order valence-corrected chi connectivity index (χ2v) is 5.27. The number of carbonyl (C=O) groups is 2. The van der Waals surface area contributed by atoms with Gasteiger partial charge in [0, 0.05) is 18.5 Å². The van der Waals surface area contributed by atoms with Gasteiger partial charge in [0.05, 0.1) is 11.1 Å². The first-order chi connectivity index (χ1) is 8.74. The van der Waals surface area contributed by atoms with Gasteiger partial charge in [-0.1, -0.05) is 5.16 Å². The molecule has 0 aliphatic rings. The largest absolute Gasteiger partial charge is 0.481 e. The van der Waals surface area contributed by atoms with Crippen molar-refractivity contribution in [3.63, 3.8) is 0 Å². The summed E-state index contributed by atoms with van der Waals surface area (Å²) in [6.07, 6.45) is 0.832. The van der Waals surface area contributed by atoms with Crippen LogP contribution in [0, 0.1) is 19.3 Å². The molecule has 1 aromatic heterocycles. The lowest BCUT2D eigenvalue weighted by Gasteiger charge is -2.19. The fourth-order valence-electron chi connectivity index (χ4n) is 1.58. The monoisotopic (exact) mass is 268 g/mol. The molecule has 0 spiro atoms. The van der Waals surface area contributed by atoms with E-state index in [0.29, 0.717) is 12.8 Å². The van der Waals surface area contributed by atoms with E-state index in [4.69, 9.17) is 9.63 Å². The van der Waals surface area contributed by atoms with Crippen molar-refractivity contribution >= 4 is 11.9 Å². The highest BCUT2D eigenvalue weighted by atomic mass is 16.5. The van der Waals surface area contributed by atoms with Gasteiger partial charge in [0.25, 0.3) is 0 Å². The number of carboxylic acid groups (broad SMARTS) is 1. The van der Waals surface area contributed by atoms with Crippen LogP contribution in [0.25, 0.3) is 0 Å². The number of aromatic nitrogens is 1. The van der Waals surface area contributed by atoms with Crippen molar-refractivity contribution in [3.8, 4) is 0 Å². The van der Waals surface area contributed by atoms with E-state index in [1.54, 1.807) is 20.8 Å². The zero-order valence-electron chi connectivity index (χ0n) is 11.7. The maximum absolute atomic E-state index is 11.7. The van der Waals surface area contributed by atoms with E-state index in [2.05, 4.69) is 10.5 Å². The first-order valence-corrected chi connectivity index (χ1v) is 6.16. The lowest BCUT2D eigenvalue weighted by atomic mass is 9.94. The lowest BCUT2D eigenvalue weighted by molar-refractivity contribution is -0.146. The molecule has 0 fully saturated rings. The lowest BCUT2D eigenvalue weighted by Crippen LogP contribution is -2.38. The Morgan fingerprint density at radius 1 is 1.37 bits per heavy atom. The first-order valence-electron chi connectivity index (χ1n) is 6.16. The summed E-state index contributed by atoms with van der Waals surface area (Å²) in [6.45, 7) is 6.90. The molecule has 2 N–H and O–H groups in total. The molecule has 0 radical (unpaired) electrons. The molecule has 6 heteroatoms. The topological polar surface area (TPSA) is 92.4 Å². The van der Waals surface area contributed by atoms with Crippen LogP contribution in [0.2, 0.25) is 0 Å². The fourth-order valence-corrected chi connectivity index (χ4v) is 1.58. The second kappa shape index (κ2) is 5.86. The number of aliphatic carboxylic acids is 1. The molecule has 0 aliphatic heterocycles. The van der Waals surface area contributed by atoms with E-state index >= 15 is 0 Å². The minimum absolute atomic E-state index is 0.114. The summed E-state index contributed by atoms with van der Waals surface area (Å²) in [5.41, 5.74) is 0.766. The van der Waals surface area contributed by atoms with Gasteiger partial charge < -0.3 is 14.9 Å². The number of carboxylic acids is 1. The molecule has 0 saturated carbocycles. The standard InChI is InChI=1S/C13H20N2O4/c1-8-10(9(2)19-15-8)5-6-11(16)14-7-13(3,4)12(17)18/h5-7H2,1-4H3,(H,14,16)(H,17,18). The summed E-state index contributed by atoms with van der Waals surface area (Å²) in [7, 11) is 0. The summed E-state index contributed by atoms with van der Waals surface area (Å²) in [4.78, 5) is 22.6. The second-order valence-electron chi connectivity index (χ2n) is 5.27. The van der Waals surface area contributed by atoms with E-state index < -0.39 is 11.4 Å². The average Bonchev–Trinajstić information content (AvgIpc) is 2.64. The third kappa shape index (κ3) is 4.08. The third-order valence-electron chi connectivity index (χ3n) is 3.09. The Labute approximate surface area is 112 Å². The van der Waals surface area contributed by atoms with E-state index in [9.17, 15) is 9.59 Å². The Hall–Kier alpha value is -1.85. The highest BCUT2D eigenvalue weighted by molar-refractivity contribution is 5.78. The molecular weight excluding hydrogens is 248 g/mol. The van der Waals surface area contributed by atoms with Gasteiger partial charge in [-0.2, -0.15) is 0 Å². The van der Waals surface area contributed by atoms with Crippen LogP contribution < -0.4 is 5.32 Å². The smallest absolute Gasteiger partial charge is 0.310 e. The van der Waals surface area contributed by atoms with Gasteiger partial charge >= 0.3 is 5.97 Å². The summed E-state index contributed by atoms with van der Waals surface area (Å²) in [5, 5.41) is 15.4. The van der Waals surface area contributed by atoms with Crippen molar-refractivity contribution in [2.75, 3.05) is 6.54 Å². The highest BCUT2D eigenvalue weighted by Crippen LogP contribution is 2.15. The van der Waals surface area contributed by atoms with E-state index in [1.807, 2.05) is 6.92 Å². The summed E-state index contributed by atoms with van der Waals surface area (Å²) in [5.74, 6) is -0.385. The molecule has 106 valence electrons. The maximum atomic E-state index is 11.7. The van der Waals surface area contributed by atoms with Gasteiger partial charge in [0.1, 0.15) is 5.76 Å². The molecule has 0 aliphatic carbocycles. The van der Waals surface area contributed by atoms with Crippen molar-refractivity contribution in [3.05, 3.63) is 17.0 Å². The Bertz CT molecular complexity index is 457. The average molecular weight is 268 g/mol. The highest BCUT2D eigenvalue weighted by Gasteiger charge is 2.27. The minimum Gasteiger partial charge on any atom is -0.481 e. The van der Waals surface area contributed by atoms with E-state index in [-0.39, 0.29) is 12.5 Å². The zero-order valence-corrected chi connectivity index (χ0v) is 11.7. The Balaban J connectivity index is 2.43. The number of hydrogen-bond donors (Lipinski definition) is 2. The van der Waals surface area contributed by atoms with Crippen molar-refractivity contribution in [1.29, 1.82) is 0 Å². The zero-order chi connectivity index (χ0) is 14.6. The molecule has 0 unspecified atom stereocenters. The molecule has 6 nitrogen and oxygen atoms in total. The summed E-state index contributed by atoms with van der Waals surface area (Å²) < 4.78 is 5.01. The number of aryl methyl sites for hydroxylation is 2. The van der Waals surface area contributed by atoms with Crippen molar-refractivity contribution in [2.45, 2.75) is 40.5 Å². The van der Waals surface area contributed by atoms with E-state index in [1.165, 1.54) is 0 Å². The van der Waals surface area contributed by atoms with Crippen LogP contribution in [0.5, 0.6) is 0 Å². The Morgan fingerprint density at radius 3 is 2.47 bits per heavy atom. The van der Waals surface area contributed by atoms with Crippen LogP contribution in [0.1, 0.15) is 37.3 Å². The first kappa shape index (κ1) is 15.2. The van der Waals surface area contributed by atoms with E-state index in [0.717, 1.165) is 17.0 Å². The normalized spacial score (nSPS) is 11.4. The molecular formula is C13H20N2O4. The van der Waals surface area contributed by atoms with Crippen LogP contribution >= 0.6 is 0 Å². The number of nitrogens with zero attached hydrogens (tertiary/aromatic N) is 1. The molecule has 1 heterocycles. The molecule has 1 aromatic rings. The predicted molar refractivity (Wildman–Crippen MR) is 68.7 cm³/mol. The minimum atomic E-state index is -0.960. The van der Waals surface area contributed by atoms with Gasteiger partial charge in [0.15, 0.2) is 0 Å². The molecule has 0 saturated heterocycles. The maximum Gasteiger partial charge on any atom is 0.310 e. The Morgan fingerprint density at radius 2 is 2.00 bits per heavy atom. The predicted octanol–water partition coefficient (Wildman–Crippen LogP) is 1.45. The molecule has 1 rings (SSSR count). The fraction of sp³-hybridized carbons (Fsp3) is 0.615. The van der Waals surface area contributed by atoms with Crippen LogP contribution in [-0.4, -0.2) is 28.7 Å². The SMILES string of the molecule is Cc1noc(C)c1CCC(=O)NCC(C)(C)C(=O)O. The van der Waals surface area contributed by atoms with Crippen molar-refractivity contribution < 1.29 is 19.2 Å². The molecule has 19 heavy (non-hydrogen) atoms. The van der Waals surface area contributed by atoms with Gasteiger partial charge in [-0.15, -0.1) is 0 Å². The number of amides is 1. The van der Waals surface area contributed by atoms with Crippen molar-refractivity contribution in [2.24, 2.45) is 5.41 Å². The Kier molecular flexibility index (Phi) is 4.69. The summed E-state index contributed by atoms with van der Waals surface area (Å²) >= 11 is 0. The van der Waals surface area contributed by atoms with Gasteiger partial charge in [-0.3, -0.25) is 9.59 Å². The molecule has 0 aromatic carbocycles. The van der Waals surface area contributed by atoms with Crippen LogP contribution in [0.15, 0.2) is 4.52 Å². The van der Waals surface area contributed by atoms with Crippen LogP contribution in [0.3, 0.4) is 0 Å². The molecule has 0 bridgehead atoms. The molecule has 0 atom stereocenters. The number of hydrogen-bond acceptors (Lipinski definition) is 4. The quantitative estimate of drug-likeness (QED) is 0.814. The van der Waals surface area contributed by atoms with Crippen molar-refractivity contribution in [1.82, 2.24) is 10.5 Å². The number of rotatable bonds is 6. The number of nitrogens with one attached hydrogen (secondary N) is 1. The number of carbonyl (C=O) groups excluding carboxylic acids is 1. The van der Waals surface area contributed by atoms with Gasteiger partial charge in [0.2, 0.25) is 5.91 Å². The van der Waals surface area contributed by atoms with Gasteiger partial charge in [-0.25, -0.2) is 0 Å². The third-order valence-corrected chi connectivity index (χ3v) is 3.09. The molecule has 1 amide bonds. The van der Waals surface area contributed by atoms with Crippen LogP contribution in [0.4, 0.5) is 0 Å². The van der Waals surface area contributed by atoms with Crippen LogP contribution in [-0.2, 0) is 16.0 Å².